The number of aromatic nitrogens is 2. The van der Waals surface area contributed by atoms with E-state index in [0.717, 1.165) is 35.7 Å². The van der Waals surface area contributed by atoms with Gasteiger partial charge in [-0.15, -0.1) is 11.3 Å². The van der Waals surface area contributed by atoms with Gasteiger partial charge >= 0.3 is 5.97 Å². The fourth-order valence-electron chi connectivity index (χ4n) is 1.88. The lowest BCUT2D eigenvalue weighted by Crippen LogP contribution is -2.03. The van der Waals surface area contributed by atoms with E-state index in [-0.39, 0.29) is 0 Å². The number of carbonyl (C=O) groups is 1. The second-order valence-electron chi connectivity index (χ2n) is 4.19. The van der Waals surface area contributed by atoms with Crippen molar-refractivity contribution < 1.29 is 9.90 Å². The maximum absolute atomic E-state index is 10.6. The highest BCUT2D eigenvalue weighted by Crippen LogP contribution is 2.20. The van der Waals surface area contributed by atoms with Gasteiger partial charge in [0.1, 0.15) is 5.82 Å². The van der Waals surface area contributed by atoms with Crippen LogP contribution in [0, 0.1) is 0 Å². The molecule has 0 radical (unpaired) electrons. The number of aryl methyl sites for hydroxylation is 1. The molecule has 19 heavy (non-hydrogen) atoms. The van der Waals surface area contributed by atoms with Gasteiger partial charge in [-0.05, 0) is 29.5 Å². The molecule has 0 bridgehead atoms. The van der Waals surface area contributed by atoms with Crippen molar-refractivity contribution in [1.82, 2.24) is 9.55 Å². The van der Waals surface area contributed by atoms with E-state index in [0.29, 0.717) is 0 Å². The van der Waals surface area contributed by atoms with Crippen molar-refractivity contribution in [2.75, 3.05) is 0 Å². The molecule has 1 N–H and O–H groups in total. The molecule has 0 aliphatic carbocycles. The van der Waals surface area contributed by atoms with Crippen LogP contribution in [0.3, 0.4) is 0 Å². The molecule has 0 amide bonds. The number of imidazole rings is 1. The lowest BCUT2D eigenvalue weighted by molar-refractivity contribution is -0.131. The second kappa shape index (κ2) is 6.33. The number of carboxylic acids is 1. The lowest BCUT2D eigenvalue weighted by atomic mass is 10.2. The summed E-state index contributed by atoms with van der Waals surface area (Å²) < 4.78 is 2.12. The molecule has 2 heterocycles. The summed E-state index contributed by atoms with van der Waals surface area (Å²) in [6.07, 6.45) is 8.61. The summed E-state index contributed by atoms with van der Waals surface area (Å²) in [5.74, 6) is 0.149. The SMILES string of the molecule is CCCc1nccn1Cc1sccc1C=CC(=O)O. The fourth-order valence-corrected chi connectivity index (χ4v) is 2.74. The van der Waals surface area contributed by atoms with Crippen LogP contribution < -0.4 is 0 Å². The molecular weight excluding hydrogens is 260 g/mol. The zero-order valence-corrected chi connectivity index (χ0v) is 11.6. The lowest BCUT2D eigenvalue weighted by Gasteiger charge is -2.06. The van der Waals surface area contributed by atoms with Crippen molar-refractivity contribution >= 4 is 23.4 Å². The quantitative estimate of drug-likeness (QED) is 0.825. The normalized spacial score (nSPS) is 11.2. The highest BCUT2D eigenvalue weighted by Gasteiger charge is 2.06. The summed E-state index contributed by atoms with van der Waals surface area (Å²) >= 11 is 1.63. The first-order valence-corrected chi connectivity index (χ1v) is 7.06. The van der Waals surface area contributed by atoms with Crippen molar-refractivity contribution in [3.05, 3.63) is 46.2 Å². The molecule has 4 nitrogen and oxygen atoms in total. The maximum Gasteiger partial charge on any atom is 0.328 e. The van der Waals surface area contributed by atoms with Crippen LogP contribution >= 0.6 is 11.3 Å². The van der Waals surface area contributed by atoms with E-state index < -0.39 is 5.97 Å². The van der Waals surface area contributed by atoms with Crippen LogP contribution in [0.2, 0.25) is 0 Å². The van der Waals surface area contributed by atoms with Crippen molar-refractivity contribution in [3.8, 4) is 0 Å². The standard InChI is InChI=1S/C14H16N2O2S/c1-2-3-13-15-7-8-16(13)10-12-11(6-9-19-12)4-5-14(17)18/h4-9H,2-3,10H2,1H3,(H,17,18). The van der Waals surface area contributed by atoms with E-state index in [2.05, 4.69) is 16.5 Å². The molecule has 2 aromatic rings. The average molecular weight is 276 g/mol. The summed E-state index contributed by atoms with van der Waals surface area (Å²) in [6.45, 7) is 2.87. The van der Waals surface area contributed by atoms with Gasteiger partial charge in [-0.1, -0.05) is 6.92 Å². The largest absolute Gasteiger partial charge is 0.478 e. The Morgan fingerprint density at radius 3 is 3.16 bits per heavy atom. The number of hydrogen-bond donors (Lipinski definition) is 1. The molecule has 0 unspecified atom stereocenters. The third-order valence-corrected chi connectivity index (χ3v) is 3.70. The minimum absolute atomic E-state index is 0.742. The van der Waals surface area contributed by atoms with Crippen LogP contribution in [0.15, 0.2) is 29.9 Å². The maximum atomic E-state index is 10.6. The van der Waals surface area contributed by atoms with Crippen LogP contribution in [-0.2, 0) is 17.8 Å². The first-order chi connectivity index (χ1) is 9.20. The Morgan fingerprint density at radius 2 is 2.42 bits per heavy atom. The molecule has 0 saturated carbocycles. The van der Waals surface area contributed by atoms with Crippen molar-refractivity contribution in [2.24, 2.45) is 0 Å². The first kappa shape index (κ1) is 13.5. The Morgan fingerprint density at radius 1 is 1.58 bits per heavy atom. The number of nitrogens with zero attached hydrogens (tertiary/aromatic N) is 2. The van der Waals surface area contributed by atoms with Gasteiger partial charge in [0.05, 0.1) is 6.54 Å². The number of carboxylic acid groups (broad SMARTS) is 1. The van der Waals surface area contributed by atoms with Crippen LogP contribution in [0.5, 0.6) is 0 Å². The highest BCUT2D eigenvalue weighted by atomic mass is 32.1. The van der Waals surface area contributed by atoms with E-state index in [1.54, 1.807) is 17.4 Å². The van der Waals surface area contributed by atoms with Gasteiger partial charge in [-0.3, -0.25) is 0 Å². The summed E-state index contributed by atoms with van der Waals surface area (Å²) in [6, 6.07) is 1.94. The highest BCUT2D eigenvalue weighted by molar-refractivity contribution is 7.10. The Hall–Kier alpha value is -1.88. The van der Waals surface area contributed by atoms with Gasteiger partial charge in [0.2, 0.25) is 0 Å². The molecule has 0 aromatic carbocycles. The first-order valence-electron chi connectivity index (χ1n) is 6.18. The molecule has 2 rings (SSSR count). The third kappa shape index (κ3) is 3.54. The molecule has 0 atom stereocenters. The Labute approximate surface area is 116 Å². The molecule has 0 spiro atoms. The van der Waals surface area contributed by atoms with Gasteiger partial charge < -0.3 is 9.67 Å². The smallest absolute Gasteiger partial charge is 0.328 e. The van der Waals surface area contributed by atoms with E-state index in [9.17, 15) is 4.79 Å². The van der Waals surface area contributed by atoms with Crippen LogP contribution in [0.4, 0.5) is 0 Å². The van der Waals surface area contributed by atoms with Gasteiger partial charge in [0.25, 0.3) is 0 Å². The summed E-state index contributed by atoms with van der Waals surface area (Å²) in [7, 11) is 0. The van der Waals surface area contributed by atoms with Crippen LogP contribution in [0.25, 0.3) is 6.08 Å². The molecule has 0 aliphatic heterocycles. The van der Waals surface area contributed by atoms with Crippen LogP contribution in [0.1, 0.15) is 29.6 Å². The molecule has 0 aliphatic rings. The van der Waals surface area contributed by atoms with E-state index in [1.807, 2.05) is 23.8 Å². The zero-order chi connectivity index (χ0) is 13.7. The van der Waals surface area contributed by atoms with E-state index in [1.165, 1.54) is 6.08 Å². The van der Waals surface area contributed by atoms with Crippen molar-refractivity contribution in [2.45, 2.75) is 26.3 Å². The van der Waals surface area contributed by atoms with Crippen molar-refractivity contribution in [1.29, 1.82) is 0 Å². The average Bonchev–Trinajstić information content (AvgIpc) is 2.98. The Balaban J connectivity index is 2.17. The van der Waals surface area contributed by atoms with Gasteiger partial charge in [0, 0.05) is 29.8 Å². The van der Waals surface area contributed by atoms with E-state index in [4.69, 9.17) is 5.11 Å². The van der Waals surface area contributed by atoms with Crippen molar-refractivity contribution in [3.63, 3.8) is 0 Å². The number of rotatable bonds is 6. The molecule has 100 valence electrons. The summed E-state index contributed by atoms with van der Waals surface area (Å²) in [4.78, 5) is 16.1. The molecule has 0 saturated heterocycles. The predicted octanol–water partition coefficient (Wildman–Crippen LogP) is 3.04. The topological polar surface area (TPSA) is 55.1 Å². The van der Waals surface area contributed by atoms with Crippen LogP contribution in [-0.4, -0.2) is 20.6 Å². The molecule has 2 aromatic heterocycles. The number of hydrogen-bond acceptors (Lipinski definition) is 3. The third-order valence-electron chi connectivity index (χ3n) is 2.77. The fraction of sp³-hybridized carbons (Fsp3) is 0.286. The zero-order valence-electron chi connectivity index (χ0n) is 10.7. The predicted molar refractivity (Wildman–Crippen MR) is 76.3 cm³/mol. The Kier molecular flexibility index (Phi) is 4.52. The van der Waals surface area contributed by atoms with Gasteiger partial charge in [0.15, 0.2) is 0 Å². The second-order valence-corrected chi connectivity index (χ2v) is 5.19. The Bertz CT molecular complexity index is 584. The van der Waals surface area contributed by atoms with E-state index >= 15 is 0 Å². The monoisotopic (exact) mass is 276 g/mol. The number of thiophene rings is 1. The minimum Gasteiger partial charge on any atom is -0.478 e. The van der Waals surface area contributed by atoms with Gasteiger partial charge in [-0.2, -0.15) is 0 Å². The summed E-state index contributed by atoms with van der Waals surface area (Å²) in [5.41, 5.74) is 0.962. The molecule has 0 fully saturated rings. The minimum atomic E-state index is -0.925. The number of aliphatic carboxylic acids is 1. The molecule has 5 heteroatoms. The van der Waals surface area contributed by atoms with Gasteiger partial charge in [-0.25, -0.2) is 9.78 Å². The molecular formula is C14H16N2O2S. The summed E-state index contributed by atoms with van der Waals surface area (Å²) in [5, 5.41) is 10.7.